The fourth-order valence-corrected chi connectivity index (χ4v) is 2.15. The maximum Gasteiger partial charge on any atom is 0.335 e. The van der Waals surface area contributed by atoms with Crippen molar-refractivity contribution in [1.82, 2.24) is 9.97 Å². The van der Waals surface area contributed by atoms with Crippen LogP contribution < -0.4 is 14.0 Å². The maximum atomic E-state index is 11.2. The lowest BCUT2D eigenvalue weighted by Gasteiger charge is -2.03. The van der Waals surface area contributed by atoms with Gasteiger partial charge in [0.1, 0.15) is 5.82 Å². The van der Waals surface area contributed by atoms with Crippen LogP contribution in [0.5, 0.6) is 0 Å². The van der Waals surface area contributed by atoms with Gasteiger partial charge in [0.2, 0.25) is 0 Å². The van der Waals surface area contributed by atoms with Gasteiger partial charge in [0.05, 0.1) is 31.5 Å². The second kappa shape index (κ2) is 7.39. The number of hydrogen-bond acceptors (Lipinski definition) is 6. The van der Waals surface area contributed by atoms with E-state index in [1.165, 1.54) is 0 Å². The number of carboxylic acid groups (broad SMARTS) is 1. The van der Waals surface area contributed by atoms with Crippen LogP contribution in [0.2, 0.25) is 0 Å². The average Bonchev–Trinajstić information content (AvgIpc) is 2.88. The molecular formula is C15H13ClN2O6. The largest absolute Gasteiger partial charge is 0.478 e. The van der Waals surface area contributed by atoms with E-state index in [0.717, 1.165) is 22.4 Å². The van der Waals surface area contributed by atoms with Crippen LogP contribution in [0.15, 0.2) is 48.5 Å². The Kier molecular flexibility index (Phi) is 5.50. The van der Waals surface area contributed by atoms with Crippen LogP contribution >= 0.6 is 0 Å². The lowest BCUT2D eigenvalue weighted by atomic mass is 10.0. The molecule has 0 bridgehead atoms. The number of aromatic nitrogens is 2. The monoisotopic (exact) mass is 352 g/mol. The molecule has 3 aromatic rings. The summed E-state index contributed by atoms with van der Waals surface area (Å²) in [6.45, 7) is 0. The number of carbonyl (C=O) groups is 1. The first-order chi connectivity index (χ1) is 11.2. The molecule has 0 amide bonds. The van der Waals surface area contributed by atoms with Gasteiger partial charge < -0.3 is 10.1 Å². The van der Waals surface area contributed by atoms with Gasteiger partial charge in [-0.3, -0.25) is 0 Å². The lowest BCUT2D eigenvalue weighted by Crippen LogP contribution is -2.58. The van der Waals surface area contributed by atoms with Crippen molar-refractivity contribution in [2.75, 3.05) is 0 Å². The molecule has 0 spiro atoms. The highest BCUT2D eigenvalue weighted by molar-refractivity contribution is 5.89. The van der Waals surface area contributed by atoms with E-state index in [4.69, 9.17) is 23.7 Å². The Balaban J connectivity index is 0.000000368. The van der Waals surface area contributed by atoms with Gasteiger partial charge in [0.15, 0.2) is 0 Å². The smallest absolute Gasteiger partial charge is 0.335 e. The van der Waals surface area contributed by atoms with Crippen molar-refractivity contribution in [3.63, 3.8) is 0 Å². The van der Waals surface area contributed by atoms with Gasteiger partial charge in [0, 0.05) is 6.42 Å². The third-order valence-corrected chi connectivity index (χ3v) is 3.04. The second-order valence-corrected chi connectivity index (χ2v) is 5.53. The number of fused-ring (bicyclic) bond motifs is 1. The summed E-state index contributed by atoms with van der Waals surface area (Å²) < 4.78 is 32.7. The van der Waals surface area contributed by atoms with Crippen molar-refractivity contribution >= 4 is 17.0 Å². The standard InChI is InChI=1S/C15H12N2O2.ClHO4/c18-15(19)11-6-2-1-5-10(11)9-14-16-12-7-3-4-8-13(12)17-14;2-1(3,4)5/h1-8H,9H2,(H,16,17)(H,18,19);(H,2,3,4,5). The Morgan fingerprint density at radius 3 is 2.29 bits per heavy atom. The molecule has 0 radical (unpaired) electrons. The lowest BCUT2D eigenvalue weighted by molar-refractivity contribution is -1.92. The van der Waals surface area contributed by atoms with Crippen molar-refractivity contribution in [2.24, 2.45) is 0 Å². The molecule has 3 rings (SSSR count). The first kappa shape index (κ1) is 17.9. The van der Waals surface area contributed by atoms with Crippen molar-refractivity contribution in [3.8, 4) is 0 Å². The summed E-state index contributed by atoms with van der Waals surface area (Å²) in [4.78, 5) is 18.8. The van der Waals surface area contributed by atoms with E-state index < -0.39 is 16.2 Å². The Labute approximate surface area is 138 Å². The number of imidazole rings is 1. The predicted molar refractivity (Wildman–Crippen MR) is 74.5 cm³/mol. The first-order valence-corrected chi connectivity index (χ1v) is 7.88. The highest BCUT2D eigenvalue weighted by atomic mass is 35.7. The van der Waals surface area contributed by atoms with Crippen LogP contribution in [-0.4, -0.2) is 25.7 Å². The van der Waals surface area contributed by atoms with Crippen LogP contribution in [-0.2, 0) is 6.42 Å². The molecule has 1 aromatic heterocycles. The summed E-state index contributed by atoms with van der Waals surface area (Å²) in [6.07, 6.45) is 0.483. The van der Waals surface area contributed by atoms with Gasteiger partial charge in [-0.25, -0.2) is 9.78 Å². The van der Waals surface area contributed by atoms with Gasteiger partial charge in [-0.1, -0.05) is 30.3 Å². The minimum Gasteiger partial charge on any atom is -0.478 e. The summed E-state index contributed by atoms with van der Waals surface area (Å²) >= 11 is 0. The molecular weight excluding hydrogens is 340 g/mol. The number of H-pyrrole nitrogens is 1. The van der Waals surface area contributed by atoms with E-state index in [-0.39, 0.29) is 0 Å². The van der Waals surface area contributed by atoms with E-state index >= 15 is 0 Å². The molecule has 24 heavy (non-hydrogen) atoms. The Morgan fingerprint density at radius 2 is 1.67 bits per heavy atom. The average molecular weight is 353 g/mol. The summed E-state index contributed by atoms with van der Waals surface area (Å²) in [5, 5.41) is 9.15. The number of carboxylic acids is 1. The van der Waals surface area contributed by atoms with Crippen molar-refractivity contribution in [2.45, 2.75) is 6.42 Å². The summed E-state index contributed by atoms with van der Waals surface area (Å²) in [6, 6.07) is 14.7. The number of aromatic amines is 1. The first-order valence-electron chi connectivity index (χ1n) is 6.62. The summed E-state index contributed by atoms with van der Waals surface area (Å²) in [5.41, 5.74) is 2.94. The molecule has 0 aliphatic heterocycles. The third-order valence-electron chi connectivity index (χ3n) is 3.04. The topological polar surface area (TPSA) is 155 Å². The molecule has 0 atom stereocenters. The Morgan fingerprint density at radius 1 is 1.08 bits per heavy atom. The fourth-order valence-electron chi connectivity index (χ4n) is 2.15. The minimum absolute atomic E-state index is 0.322. The summed E-state index contributed by atoms with van der Waals surface area (Å²) in [7, 11) is -4.69. The fraction of sp³-hybridized carbons (Fsp3) is 0.0667. The van der Waals surface area contributed by atoms with Gasteiger partial charge in [0.25, 0.3) is 0 Å². The highest BCUT2D eigenvalue weighted by Gasteiger charge is 2.11. The second-order valence-electron chi connectivity index (χ2n) is 4.74. The SMILES string of the molecule is O=C(O)c1ccccc1Cc1nc2ccccc2[nH]1.[O-][Cl+3]([O-])([O-])O. The zero-order chi connectivity index (χ0) is 17.7. The van der Waals surface area contributed by atoms with Crippen molar-refractivity contribution in [3.05, 3.63) is 65.5 Å². The molecule has 9 heteroatoms. The normalized spacial score (nSPS) is 11.0. The quantitative estimate of drug-likeness (QED) is 0.530. The molecule has 2 aromatic carbocycles. The van der Waals surface area contributed by atoms with Gasteiger partial charge in [-0.15, -0.1) is 0 Å². The number of nitrogens with zero attached hydrogens (tertiary/aromatic N) is 1. The molecule has 0 aliphatic rings. The zero-order valence-electron chi connectivity index (χ0n) is 12.2. The summed E-state index contributed by atoms with van der Waals surface area (Å²) in [5.74, 6) is -0.137. The molecule has 8 nitrogen and oxygen atoms in total. The van der Waals surface area contributed by atoms with E-state index in [1.807, 2.05) is 36.4 Å². The number of nitrogens with one attached hydrogen (secondary N) is 1. The molecule has 0 unspecified atom stereocenters. The van der Waals surface area contributed by atoms with Gasteiger partial charge in [-0.05, 0) is 23.8 Å². The number of halogens is 1. The predicted octanol–water partition coefficient (Wildman–Crippen LogP) is -1.27. The van der Waals surface area contributed by atoms with Crippen LogP contribution in [0.1, 0.15) is 21.7 Å². The van der Waals surface area contributed by atoms with E-state index in [2.05, 4.69) is 9.97 Å². The number of benzene rings is 2. The maximum absolute atomic E-state index is 11.2. The van der Waals surface area contributed by atoms with Crippen LogP contribution in [0.3, 0.4) is 0 Å². The number of para-hydroxylation sites is 2. The molecule has 0 saturated heterocycles. The molecule has 0 saturated carbocycles. The molecule has 0 fully saturated rings. The van der Waals surface area contributed by atoms with E-state index in [0.29, 0.717) is 12.0 Å². The number of aromatic carboxylic acids is 1. The Bertz CT molecular complexity index is 804. The zero-order valence-corrected chi connectivity index (χ0v) is 12.9. The molecule has 3 N–H and O–H groups in total. The molecule has 1 heterocycles. The van der Waals surface area contributed by atoms with Crippen molar-refractivity contribution < 1.29 is 38.8 Å². The molecule has 0 aliphatic carbocycles. The third kappa shape index (κ3) is 5.30. The number of rotatable bonds is 3. The van der Waals surface area contributed by atoms with Crippen molar-refractivity contribution in [1.29, 1.82) is 0 Å². The number of hydrogen-bond donors (Lipinski definition) is 3. The molecule has 126 valence electrons. The van der Waals surface area contributed by atoms with E-state index in [9.17, 15) is 4.79 Å². The van der Waals surface area contributed by atoms with Crippen LogP contribution in [0, 0.1) is 10.2 Å². The Hall–Kier alpha value is -2.49. The highest BCUT2D eigenvalue weighted by Crippen LogP contribution is 2.16. The minimum atomic E-state index is -4.69. The van der Waals surface area contributed by atoms with Gasteiger partial charge in [-0.2, -0.15) is 14.0 Å². The van der Waals surface area contributed by atoms with Gasteiger partial charge >= 0.3 is 5.97 Å². The van der Waals surface area contributed by atoms with E-state index in [1.54, 1.807) is 12.1 Å². The van der Waals surface area contributed by atoms with Crippen LogP contribution in [0.25, 0.3) is 11.0 Å². The van der Waals surface area contributed by atoms with Crippen LogP contribution in [0.4, 0.5) is 0 Å².